The summed E-state index contributed by atoms with van der Waals surface area (Å²) in [7, 11) is 1.89. The summed E-state index contributed by atoms with van der Waals surface area (Å²) in [6.45, 7) is 5.08. The molecule has 0 radical (unpaired) electrons. The number of likely N-dealkylation sites (N-methyl/N-ethyl adjacent to an activating group) is 1. The Balaban J connectivity index is 1.37. The van der Waals surface area contributed by atoms with Gasteiger partial charge in [-0.1, -0.05) is 47.5 Å². The molecule has 2 unspecified atom stereocenters. The van der Waals surface area contributed by atoms with Crippen molar-refractivity contribution in [2.45, 2.75) is 55.9 Å². The maximum absolute atomic E-state index is 13.0. The maximum Gasteiger partial charge on any atom is 0.253 e. The van der Waals surface area contributed by atoms with Crippen LogP contribution in [-0.4, -0.2) is 71.8 Å². The molecule has 190 valence electrons. The van der Waals surface area contributed by atoms with Crippen molar-refractivity contribution in [3.63, 3.8) is 0 Å². The summed E-state index contributed by atoms with van der Waals surface area (Å²) in [4.78, 5) is 20.1. The highest BCUT2D eigenvalue weighted by atomic mass is 35.5. The van der Waals surface area contributed by atoms with Crippen molar-refractivity contribution < 1.29 is 4.79 Å². The summed E-state index contributed by atoms with van der Waals surface area (Å²) in [6, 6.07) is 16.0. The molecule has 7 heteroatoms. The van der Waals surface area contributed by atoms with E-state index in [-0.39, 0.29) is 11.8 Å². The van der Waals surface area contributed by atoms with Crippen LogP contribution in [0.15, 0.2) is 48.5 Å². The predicted octanol–water partition coefficient (Wildman–Crippen LogP) is 6.45. The van der Waals surface area contributed by atoms with Crippen LogP contribution >= 0.6 is 35.8 Å². The van der Waals surface area contributed by atoms with Gasteiger partial charge in [0.2, 0.25) is 0 Å². The lowest BCUT2D eigenvalue weighted by Gasteiger charge is -2.43. The van der Waals surface area contributed by atoms with E-state index in [2.05, 4.69) is 15.9 Å². The van der Waals surface area contributed by atoms with Crippen LogP contribution in [0.5, 0.6) is 0 Å². The van der Waals surface area contributed by atoms with Gasteiger partial charge in [-0.2, -0.15) is 12.6 Å². The SMILES string of the molecule is CN(CC(CCN1CCC(N2CCCCC2S)CC1)c1ccc(Cl)c(Cl)c1)C(=O)c1ccccc1. The van der Waals surface area contributed by atoms with Gasteiger partial charge in [0.05, 0.1) is 15.4 Å². The van der Waals surface area contributed by atoms with E-state index in [1.165, 1.54) is 38.6 Å². The van der Waals surface area contributed by atoms with Crippen LogP contribution in [0.1, 0.15) is 60.4 Å². The first-order valence-electron chi connectivity index (χ1n) is 12.8. The zero-order chi connectivity index (χ0) is 24.8. The Labute approximate surface area is 226 Å². The van der Waals surface area contributed by atoms with Crippen LogP contribution in [0.4, 0.5) is 0 Å². The molecular formula is C28H37Cl2N3OS. The maximum atomic E-state index is 13.0. The summed E-state index contributed by atoms with van der Waals surface area (Å²) >= 11 is 17.4. The van der Waals surface area contributed by atoms with Crippen LogP contribution in [0, 0.1) is 0 Å². The van der Waals surface area contributed by atoms with Crippen LogP contribution < -0.4 is 0 Å². The van der Waals surface area contributed by atoms with E-state index in [4.69, 9.17) is 35.8 Å². The normalized spacial score (nSPS) is 21.1. The molecule has 2 atom stereocenters. The summed E-state index contributed by atoms with van der Waals surface area (Å²) in [5.41, 5.74) is 1.85. The van der Waals surface area contributed by atoms with Crippen molar-refractivity contribution in [3.05, 3.63) is 69.7 Å². The average molecular weight is 535 g/mol. The van der Waals surface area contributed by atoms with Gasteiger partial charge in [-0.25, -0.2) is 0 Å². The molecular weight excluding hydrogens is 497 g/mol. The smallest absolute Gasteiger partial charge is 0.253 e. The lowest BCUT2D eigenvalue weighted by atomic mass is 9.93. The lowest BCUT2D eigenvalue weighted by molar-refractivity contribution is 0.0755. The molecule has 0 N–H and O–H groups in total. The zero-order valence-corrected chi connectivity index (χ0v) is 23.0. The Morgan fingerprint density at radius 3 is 2.46 bits per heavy atom. The average Bonchev–Trinajstić information content (AvgIpc) is 2.89. The number of amides is 1. The molecule has 2 aliphatic rings. The second-order valence-electron chi connectivity index (χ2n) is 10.00. The number of carbonyl (C=O) groups excluding carboxylic acids is 1. The van der Waals surface area contributed by atoms with E-state index in [1.807, 2.05) is 54.4 Å². The monoisotopic (exact) mass is 533 g/mol. The Kier molecular flexibility index (Phi) is 9.83. The summed E-state index contributed by atoms with van der Waals surface area (Å²) in [5.74, 6) is 0.225. The van der Waals surface area contributed by atoms with Gasteiger partial charge in [0.15, 0.2) is 0 Å². The Bertz CT molecular complexity index is 968. The summed E-state index contributed by atoms with van der Waals surface area (Å²) in [6.07, 6.45) is 7.21. The fourth-order valence-electron chi connectivity index (χ4n) is 5.52. The van der Waals surface area contributed by atoms with Gasteiger partial charge in [-0.3, -0.25) is 9.69 Å². The molecule has 0 aliphatic carbocycles. The number of nitrogens with zero attached hydrogens (tertiary/aromatic N) is 3. The topological polar surface area (TPSA) is 26.8 Å². The van der Waals surface area contributed by atoms with Crippen molar-refractivity contribution in [1.82, 2.24) is 14.7 Å². The predicted molar refractivity (Wildman–Crippen MR) is 150 cm³/mol. The first-order valence-corrected chi connectivity index (χ1v) is 14.1. The third-order valence-electron chi connectivity index (χ3n) is 7.61. The van der Waals surface area contributed by atoms with E-state index < -0.39 is 0 Å². The molecule has 2 aliphatic heterocycles. The highest BCUT2D eigenvalue weighted by Gasteiger charge is 2.30. The first-order chi connectivity index (χ1) is 16.9. The minimum absolute atomic E-state index is 0.0410. The molecule has 4 rings (SSSR count). The molecule has 0 spiro atoms. The minimum Gasteiger partial charge on any atom is -0.341 e. The van der Waals surface area contributed by atoms with Crippen molar-refractivity contribution >= 4 is 41.7 Å². The van der Waals surface area contributed by atoms with Crippen LogP contribution in [-0.2, 0) is 0 Å². The Morgan fingerprint density at radius 2 is 1.77 bits per heavy atom. The third kappa shape index (κ3) is 7.17. The molecule has 0 saturated carbocycles. The summed E-state index contributed by atoms with van der Waals surface area (Å²) < 4.78 is 0. The van der Waals surface area contributed by atoms with Crippen LogP contribution in [0.2, 0.25) is 10.0 Å². The molecule has 35 heavy (non-hydrogen) atoms. The quantitative estimate of drug-likeness (QED) is 0.395. The second-order valence-corrected chi connectivity index (χ2v) is 11.4. The van der Waals surface area contributed by atoms with Crippen molar-refractivity contribution in [3.8, 4) is 0 Å². The Hall–Kier alpha value is -1.24. The van der Waals surface area contributed by atoms with Crippen LogP contribution in [0.25, 0.3) is 0 Å². The highest BCUT2D eigenvalue weighted by Crippen LogP contribution is 2.31. The number of halogens is 2. The standard InChI is InChI=1S/C28H37Cl2N3OS/c1-31(28(34)21-7-3-2-4-8-21)20-23(22-10-11-25(29)26(30)19-22)12-16-32-17-13-24(14-18-32)33-15-6-5-9-27(33)35/h2-4,7-8,10-11,19,23-24,27,35H,5-6,9,12-18,20H2,1H3. The Morgan fingerprint density at radius 1 is 1.03 bits per heavy atom. The molecule has 2 saturated heterocycles. The zero-order valence-electron chi connectivity index (χ0n) is 20.6. The van der Waals surface area contributed by atoms with Crippen LogP contribution in [0.3, 0.4) is 0 Å². The number of benzene rings is 2. The number of thiol groups is 1. The molecule has 2 heterocycles. The molecule has 0 bridgehead atoms. The first kappa shape index (κ1) is 26.8. The van der Waals surface area contributed by atoms with Crippen molar-refractivity contribution in [1.29, 1.82) is 0 Å². The third-order valence-corrected chi connectivity index (χ3v) is 8.90. The fourth-order valence-corrected chi connectivity index (χ4v) is 6.31. The number of rotatable bonds is 8. The van der Waals surface area contributed by atoms with Gasteiger partial charge in [0, 0.05) is 31.1 Å². The molecule has 4 nitrogen and oxygen atoms in total. The van der Waals surface area contributed by atoms with E-state index in [1.54, 1.807) is 0 Å². The minimum atomic E-state index is 0.0410. The van der Waals surface area contributed by atoms with E-state index in [0.717, 1.165) is 31.6 Å². The number of carbonyl (C=O) groups is 1. The molecule has 2 fully saturated rings. The van der Waals surface area contributed by atoms with Gasteiger partial charge in [-0.05, 0) is 94.5 Å². The number of hydrogen-bond donors (Lipinski definition) is 1. The fraction of sp³-hybridized carbons (Fsp3) is 0.536. The van der Waals surface area contributed by atoms with E-state index in [0.29, 0.717) is 33.6 Å². The van der Waals surface area contributed by atoms with E-state index in [9.17, 15) is 4.79 Å². The van der Waals surface area contributed by atoms with Crippen molar-refractivity contribution in [2.24, 2.45) is 0 Å². The molecule has 2 aromatic carbocycles. The van der Waals surface area contributed by atoms with Gasteiger partial charge in [-0.15, -0.1) is 0 Å². The highest BCUT2D eigenvalue weighted by molar-refractivity contribution is 7.80. The van der Waals surface area contributed by atoms with Gasteiger partial charge in [0.1, 0.15) is 0 Å². The number of likely N-dealkylation sites (tertiary alicyclic amines) is 2. The lowest BCUT2D eigenvalue weighted by Crippen LogP contribution is -2.49. The van der Waals surface area contributed by atoms with Gasteiger partial charge < -0.3 is 9.80 Å². The van der Waals surface area contributed by atoms with Crippen molar-refractivity contribution in [2.75, 3.05) is 39.8 Å². The molecule has 2 aromatic rings. The van der Waals surface area contributed by atoms with E-state index >= 15 is 0 Å². The number of hydrogen-bond acceptors (Lipinski definition) is 4. The second kappa shape index (κ2) is 12.8. The van der Waals surface area contributed by atoms with Gasteiger partial charge >= 0.3 is 0 Å². The molecule has 0 aromatic heterocycles. The summed E-state index contributed by atoms with van der Waals surface area (Å²) in [5, 5.41) is 1.55. The largest absolute Gasteiger partial charge is 0.341 e. The number of piperidine rings is 2. The molecule has 1 amide bonds. The van der Waals surface area contributed by atoms with Gasteiger partial charge in [0.25, 0.3) is 5.91 Å².